The summed E-state index contributed by atoms with van der Waals surface area (Å²) in [7, 11) is 0. The molecule has 1 saturated heterocycles. The van der Waals surface area contributed by atoms with E-state index in [-0.39, 0.29) is 17.7 Å². The highest BCUT2D eigenvalue weighted by atomic mass is 35.5. The van der Waals surface area contributed by atoms with Crippen molar-refractivity contribution in [1.82, 2.24) is 4.90 Å². The minimum Gasteiger partial charge on any atom is -0.365 e. The van der Waals surface area contributed by atoms with Gasteiger partial charge in [0, 0.05) is 43.2 Å². The lowest BCUT2D eigenvalue weighted by molar-refractivity contribution is -0.134. The van der Waals surface area contributed by atoms with Crippen LogP contribution in [0.4, 0.5) is 11.4 Å². The first kappa shape index (κ1) is 22.2. The van der Waals surface area contributed by atoms with Gasteiger partial charge in [0.05, 0.1) is 16.4 Å². The third-order valence-electron chi connectivity index (χ3n) is 4.94. The van der Waals surface area contributed by atoms with Gasteiger partial charge < -0.3 is 15.1 Å². The lowest BCUT2D eigenvalue weighted by Gasteiger charge is -2.38. The number of nitrogens with one attached hydrogen (secondary N) is 1. The Bertz CT molecular complexity index is 934. The van der Waals surface area contributed by atoms with Crippen molar-refractivity contribution in [3.63, 3.8) is 0 Å². The van der Waals surface area contributed by atoms with Crippen LogP contribution in [0.25, 0.3) is 6.08 Å². The highest BCUT2D eigenvalue weighted by Crippen LogP contribution is 2.34. The van der Waals surface area contributed by atoms with Crippen LogP contribution in [0.5, 0.6) is 0 Å². The SMILES string of the molecule is CC(C)C(=O)N1CCN(c2c(Cl)cccc2NC(=O)/C=C/c2ccc(Cl)cc2)CC1. The van der Waals surface area contributed by atoms with E-state index in [9.17, 15) is 9.59 Å². The van der Waals surface area contributed by atoms with Crippen molar-refractivity contribution in [2.75, 3.05) is 36.4 Å². The number of carbonyl (C=O) groups is 2. The van der Waals surface area contributed by atoms with Gasteiger partial charge in [-0.2, -0.15) is 0 Å². The second kappa shape index (κ2) is 10.0. The maximum atomic E-state index is 12.5. The summed E-state index contributed by atoms with van der Waals surface area (Å²) in [6.07, 6.45) is 3.21. The van der Waals surface area contributed by atoms with Crippen LogP contribution in [0, 0.1) is 5.92 Å². The number of halogens is 2. The fourth-order valence-electron chi connectivity index (χ4n) is 3.37. The Kier molecular flexibility index (Phi) is 7.40. The predicted molar refractivity (Wildman–Crippen MR) is 124 cm³/mol. The molecule has 3 rings (SSSR count). The van der Waals surface area contributed by atoms with Gasteiger partial charge in [-0.25, -0.2) is 0 Å². The summed E-state index contributed by atoms with van der Waals surface area (Å²) in [6.45, 7) is 6.40. The fourth-order valence-corrected chi connectivity index (χ4v) is 3.79. The van der Waals surface area contributed by atoms with Crippen LogP contribution in [0.3, 0.4) is 0 Å². The molecule has 0 atom stereocenters. The monoisotopic (exact) mass is 445 g/mol. The molecular formula is C23H25Cl2N3O2. The van der Waals surface area contributed by atoms with Crippen molar-refractivity contribution in [2.24, 2.45) is 5.92 Å². The standard InChI is InChI=1S/C23H25Cl2N3O2/c1-16(2)23(30)28-14-12-27(13-15-28)22-19(25)4-3-5-20(22)26-21(29)11-8-17-6-9-18(24)10-7-17/h3-11,16H,12-15H2,1-2H3,(H,26,29)/b11-8+. The van der Waals surface area contributed by atoms with Crippen molar-refractivity contribution < 1.29 is 9.59 Å². The van der Waals surface area contributed by atoms with Gasteiger partial charge >= 0.3 is 0 Å². The van der Waals surface area contributed by atoms with E-state index in [1.165, 1.54) is 6.08 Å². The molecule has 0 bridgehead atoms. The molecule has 0 spiro atoms. The van der Waals surface area contributed by atoms with E-state index < -0.39 is 0 Å². The summed E-state index contributed by atoms with van der Waals surface area (Å²) < 4.78 is 0. The number of anilines is 2. The summed E-state index contributed by atoms with van der Waals surface area (Å²) in [4.78, 5) is 28.7. The van der Waals surface area contributed by atoms with Gasteiger partial charge in [-0.05, 0) is 35.9 Å². The van der Waals surface area contributed by atoms with Crippen LogP contribution in [0.15, 0.2) is 48.5 Å². The summed E-state index contributed by atoms with van der Waals surface area (Å²) in [5.74, 6) is -0.101. The van der Waals surface area contributed by atoms with Crippen LogP contribution in [0.2, 0.25) is 10.0 Å². The molecule has 5 nitrogen and oxygen atoms in total. The van der Waals surface area contributed by atoms with Crippen LogP contribution >= 0.6 is 23.2 Å². The number of amides is 2. The van der Waals surface area contributed by atoms with Crippen LogP contribution < -0.4 is 10.2 Å². The van der Waals surface area contributed by atoms with Crippen molar-refractivity contribution >= 4 is 52.5 Å². The molecule has 2 amide bonds. The maximum Gasteiger partial charge on any atom is 0.248 e. The van der Waals surface area contributed by atoms with Gasteiger partial charge in [0.1, 0.15) is 0 Å². The number of hydrogen-bond donors (Lipinski definition) is 1. The van der Waals surface area contributed by atoms with Crippen LogP contribution in [-0.2, 0) is 9.59 Å². The molecule has 0 unspecified atom stereocenters. The van der Waals surface area contributed by atoms with Crippen LogP contribution in [-0.4, -0.2) is 42.9 Å². The second-order valence-corrected chi connectivity index (χ2v) is 8.32. The third-order valence-corrected chi connectivity index (χ3v) is 5.50. The van der Waals surface area contributed by atoms with E-state index >= 15 is 0 Å². The molecule has 1 aliphatic heterocycles. The molecule has 1 heterocycles. The normalized spacial score (nSPS) is 14.4. The zero-order valence-corrected chi connectivity index (χ0v) is 18.6. The van der Waals surface area contributed by atoms with E-state index in [2.05, 4.69) is 10.2 Å². The average molecular weight is 446 g/mol. The van der Waals surface area contributed by atoms with E-state index in [0.29, 0.717) is 41.9 Å². The molecule has 30 heavy (non-hydrogen) atoms. The van der Waals surface area contributed by atoms with E-state index in [0.717, 1.165) is 11.3 Å². The van der Waals surface area contributed by atoms with Gasteiger partial charge in [0.25, 0.3) is 0 Å². The molecule has 0 aromatic heterocycles. The quantitative estimate of drug-likeness (QED) is 0.662. The first-order valence-electron chi connectivity index (χ1n) is 9.92. The predicted octanol–water partition coefficient (Wildman–Crippen LogP) is 4.95. The first-order chi connectivity index (χ1) is 14.3. The molecule has 1 aliphatic rings. The molecule has 2 aromatic rings. The summed E-state index contributed by atoms with van der Waals surface area (Å²) >= 11 is 12.4. The molecule has 158 valence electrons. The largest absolute Gasteiger partial charge is 0.365 e. The Balaban J connectivity index is 1.70. The number of piperazine rings is 1. The lowest BCUT2D eigenvalue weighted by atomic mass is 10.1. The lowest BCUT2D eigenvalue weighted by Crippen LogP contribution is -2.50. The van der Waals surface area contributed by atoms with E-state index in [1.54, 1.807) is 18.2 Å². The van der Waals surface area contributed by atoms with Gasteiger partial charge in [0.15, 0.2) is 0 Å². The summed E-state index contributed by atoms with van der Waals surface area (Å²) in [5, 5.41) is 4.14. The number of hydrogen-bond acceptors (Lipinski definition) is 3. The number of rotatable bonds is 5. The van der Waals surface area contributed by atoms with Gasteiger partial charge in [0.2, 0.25) is 11.8 Å². The molecule has 0 radical (unpaired) electrons. The Hall–Kier alpha value is -2.50. The highest BCUT2D eigenvalue weighted by molar-refractivity contribution is 6.34. The topological polar surface area (TPSA) is 52.7 Å². The van der Waals surface area contributed by atoms with Crippen molar-refractivity contribution in [2.45, 2.75) is 13.8 Å². The van der Waals surface area contributed by atoms with E-state index in [1.807, 2.05) is 49.1 Å². The number of benzene rings is 2. The fraction of sp³-hybridized carbons (Fsp3) is 0.304. The summed E-state index contributed by atoms with van der Waals surface area (Å²) in [5.41, 5.74) is 2.31. The van der Waals surface area contributed by atoms with Gasteiger partial charge in [-0.1, -0.05) is 55.2 Å². The van der Waals surface area contributed by atoms with E-state index in [4.69, 9.17) is 23.2 Å². The molecule has 1 fully saturated rings. The molecule has 1 N–H and O–H groups in total. The van der Waals surface area contributed by atoms with Gasteiger partial charge in [-0.3, -0.25) is 9.59 Å². The third kappa shape index (κ3) is 5.55. The Morgan fingerprint density at radius 3 is 2.30 bits per heavy atom. The maximum absolute atomic E-state index is 12.5. The molecule has 0 aliphatic carbocycles. The highest BCUT2D eigenvalue weighted by Gasteiger charge is 2.25. The Morgan fingerprint density at radius 1 is 1.00 bits per heavy atom. The minimum atomic E-state index is -0.248. The second-order valence-electron chi connectivity index (χ2n) is 7.48. The number of carbonyl (C=O) groups excluding carboxylic acids is 2. The smallest absolute Gasteiger partial charge is 0.248 e. The molecular weight excluding hydrogens is 421 g/mol. The van der Waals surface area contributed by atoms with Crippen molar-refractivity contribution in [3.05, 3.63) is 64.1 Å². The van der Waals surface area contributed by atoms with Crippen LogP contribution in [0.1, 0.15) is 19.4 Å². The number of nitrogens with zero attached hydrogens (tertiary/aromatic N) is 2. The Morgan fingerprint density at radius 2 is 1.67 bits per heavy atom. The zero-order valence-electron chi connectivity index (χ0n) is 17.1. The zero-order chi connectivity index (χ0) is 21.7. The van der Waals surface area contributed by atoms with Crippen molar-refractivity contribution in [3.8, 4) is 0 Å². The van der Waals surface area contributed by atoms with Gasteiger partial charge in [-0.15, -0.1) is 0 Å². The average Bonchev–Trinajstić information content (AvgIpc) is 2.73. The molecule has 2 aromatic carbocycles. The minimum absolute atomic E-state index is 0.0147. The van der Waals surface area contributed by atoms with Crippen molar-refractivity contribution in [1.29, 1.82) is 0 Å². The molecule has 7 heteroatoms. The molecule has 0 saturated carbocycles. The first-order valence-corrected chi connectivity index (χ1v) is 10.7. The Labute approximate surface area is 187 Å². The summed E-state index contributed by atoms with van der Waals surface area (Å²) in [6, 6.07) is 12.7. The number of para-hydroxylation sites is 1.